The molecule has 3 aliphatic rings. The molecular weight excluding hydrogens is 412 g/mol. The minimum absolute atomic E-state index is 0.0695. The lowest BCUT2D eigenvalue weighted by Crippen LogP contribution is -2.57. The molecule has 8 nitrogen and oxygen atoms in total. The summed E-state index contributed by atoms with van der Waals surface area (Å²) >= 11 is 0. The second-order valence-electron chi connectivity index (χ2n) is 8.08. The van der Waals surface area contributed by atoms with Crippen molar-refractivity contribution in [3.63, 3.8) is 0 Å². The van der Waals surface area contributed by atoms with Crippen LogP contribution in [0, 0.1) is 5.92 Å². The number of fused-ring (bicyclic) bond motifs is 1. The number of halogens is 4. The van der Waals surface area contributed by atoms with Crippen molar-refractivity contribution in [2.24, 2.45) is 5.92 Å². The van der Waals surface area contributed by atoms with E-state index in [1.165, 1.54) is 6.20 Å². The van der Waals surface area contributed by atoms with E-state index in [1.54, 1.807) is 13.8 Å². The Morgan fingerprint density at radius 2 is 1.97 bits per heavy atom. The van der Waals surface area contributed by atoms with E-state index < -0.39 is 54.1 Å². The van der Waals surface area contributed by atoms with E-state index in [1.807, 2.05) is 0 Å². The highest BCUT2D eigenvalue weighted by Gasteiger charge is 2.52. The third-order valence-corrected chi connectivity index (χ3v) is 5.20. The van der Waals surface area contributed by atoms with Crippen LogP contribution in [0.5, 0.6) is 0 Å². The van der Waals surface area contributed by atoms with Crippen LogP contribution in [-0.2, 0) is 25.2 Å². The van der Waals surface area contributed by atoms with Gasteiger partial charge in [0.1, 0.15) is 30.3 Å². The molecule has 1 saturated carbocycles. The minimum atomic E-state index is -4.62. The van der Waals surface area contributed by atoms with Crippen LogP contribution in [-0.4, -0.2) is 65.3 Å². The molecule has 0 radical (unpaired) electrons. The third kappa shape index (κ3) is 4.49. The van der Waals surface area contributed by atoms with Gasteiger partial charge in [0.05, 0.1) is 31.0 Å². The zero-order valence-corrected chi connectivity index (χ0v) is 16.3. The van der Waals surface area contributed by atoms with Gasteiger partial charge in [-0.3, -0.25) is 9.78 Å². The Labute approximate surface area is 169 Å². The van der Waals surface area contributed by atoms with Crippen LogP contribution in [0.2, 0.25) is 0 Å². The van der Waals surface area contributed by atoms with Gasteiger partial charge in [-0.15, -0.1) is 0 Å². The van der Waals surface area contributed by atoms with Gasteiger partial charge in [0.15, 0.2) is 11.5 Å². The fourth-order valence-corrected chi connectivity index (χ4v) is 3.66. The quantitative estimate of drug-likeness (QED) is 0.681. The highest BCUT2D eigenvalue weighted by Crippen LogP contribution is 2.37. The van der Waals surface area contributed by atoms with Crippen LogP contribution in [0.4, 0.5) is 23.4 Å². The van der Waals surface area contributed by atoms with E-state index in [2.05, 4.69) is 20.6 Å². The van der Waals surface area contributed by atoms with E-state index in [-0.39, 0.29) is 31.3 Å². The number of amides is 1. The number of nitrogens with one attached hydrogen (secondary N) is 2. The van der Waals surface area contributed by atoms with E-state index in [9.17, 15) is 22.4 Å². The molecule has 0 spiro atoms. The Balaban J connectivity index is 1.43. The first-order valence-electron chi connectivity index (χ1n) is 9.58. The summed E-state index contributed by atoms with van der Waals surface area (Å²) in [7, 11) is 0. The first kappa shape index (κ1) is 21.2. The van der Waals surface area contributed by atoms with Gasteiger partial charge in [-0.25, -0.2) is 9.37 Å². The molecule has 2 N–H and O–H groups in total. The van der Waals surface area contributed by atoms with Crippen molar-refractivity contribution in [1.29, 1.82) is 0 Å². The molecule has 30 heavy (non-hydrogen) atoms. The molecule has 166 valence electrons. The minimum Gasteiger partial charge on any atom is -0.371 e. The van der Waals surface area contributed by atoms with Crippen molar-refractivity contribution >= 4 is 11.7 Å². The molecular formula is C18H22F4N4O4. The zero-order chi connectivity index (χ0) is 21.7. The Morgan fingerprint density at radius 3 is 2.63 bits per heavy atom. The van der Waals surface area contributed by atoms with Crippen LogP contribution in [0.1, 0.15) is 26.0 Å². The smallest absolute Gasteiger partial charge is 0.371 e. The Morgan fingerprint density at radius 1 is 1.27 bits per heavy atom. The number of carbonyl (C=O) groups is 1. The molecule has 12 heteroatoms. The van der Waals surface area contributed by atoms with Crippen molar-refractivity contribution in [3.05, 3.63) is 18.1 Å². The van der Waals surface area contributed by atoms with Gasteiger partial charge < -0.3 is 24.8 Å². The Bertz CT molecular complexity index is 809. The van der Waals surface area contributed by atoms with Gasteiger partial charge in [0.25, 0.3) is 0 Å². The fraction of sp³-hybridized carbons (Fsp3) is 0.722. The number of nitrogens with zero attached hydrogens (tertiary/aromatic N) is 2. The SMILES string of the molecule is CC1(C)O[C@@H]2[C@H](O1)[C@@H](Nc1cncc(C(F)(F)F)n1)CO[C@@H]2CNC(=O)[C@@H]1C[C@@H]1F. The summed E-state index contributed by atoms with van der Waals surface area (Å²) in [5, 5.41) is 5.55. The number of anilines is 1. The Hall–Kier alpha value is -2.05. The summed E-state index contributed by atoms with van der Waals surface area (Å²) in [6.07, 6.45) is -5.38. The topological polar surface area (TPSA) is 94.6 Å². The third-order valence-electron chi connectivity index (χ3n) is 5.20. The van der Waals surface area contributed by atoms with Crippen LogP contribution in [0.15, 0.2) is 12.4 Å². The van der Waals surface area contributed by atoms with Crippen LogP contribution >= 0.6 is 0 Å². The summed E-state index contributed by atoms with van der Waals surface area (Å²) in [5.74, 6) is -2.01. The van der Waals surface area contributed by atoms with Crippen LogP contribution < -0.4 is 10.6 Å². The molecule has 2 saturated heterocycles. The lowest BCUT2D eigenvalue weighted by molar-refractivity contribution is -0.153. The highest BCUT2D eigenvalue weighted by atomic mass is 19.4. The summed E-state index contributed by atoms with van der Waals surface area (Å²) < 4.78 is 69.4. The molecule has 0 aromatic carbocycles. The lowest BCUT2D eigenvalue weighted by Gasteiger charge is -2.37. The molecule has 0 bridgehead atoms. The first-order chi connectivity index (χ1) is 14.0. The molecule has 1 aromatic heterocycles. The molecule has 1 aliphatic carbocycles. The van der Waals surface area contributed by atoms with Crippen LogP contribution in [0.3, 0.4) is 0 Å². The van der Waals surface area contributed by atoms with E-state index in [4.69, 9.17) is 14.2 Å². The number of hydrogen-bond donors (Lipinski definition) is 2. The largest absolute Gasteiger partial charge is 0.434 e. The number of hydrogen-bond acceptors (Lipinski definition) is 7. The average molecular weight is 434 g/mol. The van der Waals surface area contributed by atoms with Crippen molar-refractivity contribution in [1.82, 2.24) is 15.3 Å². The van der Waals surface area contributed by atoms with Gasteiger partial charge >= 0.3 is 6.18 Å². The van der Waals surface area contributed by atoms with Gasteiger partial charge in [-0.2, -0.15) is 13.2 Å². The predicted octanol–water partition coefficient (Wildman–Crippen LogP) is 1.67. The predicted molar refractivity (Wildman–Crippen MR) is 94.0 cm³/mol. The van der Waals surface area contributed by atoms with Gasteiger partial charge in [-0.05, 0) is 20.3 Å². The first-order valence-corrected chi connectivity index (χ1v) is 9.58. The standard InChI is InChI=1S/C18H22F4N4O4/c1-17(2)29-14-10(25-13-6-23-5-12(26-13)18(20,21)22)7-28-11(15(14)30-17)4-24-16(27)8-3-9(8)19/h5-6,8-11,14-15H,3-4,7H2,1-2H3,(H,24,27)(H,25,26)/t8-,9+,10+,11-,14-,15+/m1/s1. The second kappa shape index (κ2) is 7.57. The van der Waals surface area contributed by atoms with Gasteiger partial charge in [0.2, 0.25) is 5.91 Å². The maximum atomic E-state index is 13.0. The summed E-state index contributed by atoms with van der Waals surface area (Å²) in [5.41, 5.74) is -1.11. The number of carbonyl (C=O) groups excluding carboxylic acids is 1. The lowest BCUT2D eigenvalue weighted by atomic mass is 9.98. The maximum Gasteiger partial charge on any atom is 0.434 e. The van der Waals surface area contributed by atoms with Crippen molar-refractivity contribution in [2.75, 3.05) is 18.5 Å². The number of alkyl halides is 4. The molecule has 3 heterocycles. The van der Waals surface area contributed by atoms with Crippen molar-refractivity contribution in [2.45, 2.75) is 62.8 Å². The number of rotatable bonds is 5. The van der Waals surface area contributed by atoms with Crippen molar-refractivity contribution < 1.29 is 36.6 Å². The second-order valence-corrected chi connectivity index (χ2v) is 8.08. The summed E-state index contributed by atoms with van der Waals surface area (Å²) in [6, 6.07) is -0.555. The molecule has 3 fully saturated rings. The van der Waals surface area contributed by atoms with Gasteiger partial charge in [0, 0.05) is 6.54 Å². The van der Waals surface area contributed by atoms with Crippen LogP contribution in [0.25, 0.3) is 0 Å². The maximum absolute atomic E-state index is 13.0. The summed E-state index contributed by atoms with van der Waals surface area (Å²) in [4.78, 5) is 19.0. The highest BCUT2D eigenvalue weighted by molar-refractivity contribution is 5.82. The molecule has 1 amide bonds. The molecule has 1 aromatic rings. The van der Waals surface area contributed by atoms with Crippen molar-refractivity contribution in [3.8, 4) is 0 Å². The average Bonchev–Trinajstić information content (AvgIpc) is 3.29. The van der Waals surface area contributed by atoms with E-state index >= 15 is 0 Å². The monoisotopic (exact) mass is 434 g/mol. The normalized spacial score (nSPS) is 34.9. The van der Waals surface area contributed by atoms with Gasteiger partial charge in [-0.1, -0.05) is 0 Å². The Kier molecular flexibility index (Phi) is 5.35. The molecule has 0 unspecified atom stereocenters. The summed E-state index contributed by atoms with van der Waals surface area (Å²) in [6.45, 7) is 3.60. The molecule has 6 atom stereocenters. The number of ether oxygens (including phenoxy) is 3. The molecule has 2 aliphatic heterocycles. The van der Waals surface area contributed by atoms with E-state index in [0.717, 1.165) is 0 Å². The zero-order valence-electron chi connectivity index (χ0n) is 16.3. The fourth-order valence-electron chi connectivity index (χ4n) is 3.66. The molecule has 4 rings (SSSR count). The van der Waals surface area contributed by atoms with E-state index in [0.29, 0.717) is 6.20 Å². The number of aromatic nitrogens is 2.